The van der Waals surface area contributed by atoms with E-state index in [9.17, 15) is 56.6 Å². The number of nitrogens with one attached hydrogen (secondary N) is 1. The number of likely N-dealkylation sites (N-methyl/N-ethyl adjacent to an activating group) is 1. The Bertz CT molecular complexity index is 2560. The van der Waals surface area contributed by atoms with Crippen LogP contribution in [0.15, 0.2) is 35.9 Å². The topological polar surface area (TPSA) is 237 Å². The van der Waals surface area contributed by atoms with E-state index >= 15 is 0 Å². The summed E-state index contributed by atoms with van der Waals surface area (Å²) in [6.07, 6.45) is -2.00. The molecular weight excluding hydrogens is 1070 g/mol. The lowest BCUT2D eigenvalue weighted by atomic mass is 9.69. The normalized spacial score (nSPS) is 32.0. The quantitative estimate of drug-likeness (QED) is 0.152. The van der Waals surface area contributed by atoms with Gasteiger partial charge in [0.1, 0.15) is 40.7 Å². The predicted octanol–water partition coefficient (Wildman–Crippen LogP) is 5.97. The van der Waals surface area contributed by atoms with Gasteiger partial charge in [-0.15, -0.1) is 16.8 Å². The molecule has 6 aliphatic heterocycles. The zero-order valence-corrected chi connectivity index (χ0v) is 46.6. The van der Waals surface area contributed by atoms with Crippen LogP contribution in [0.2, 0.25) is 5.02 Å². The summed E-state index contributed by atoms with van der Waals surface area (Å²) in [5.74, 6) is -5.94. The molecule has 4 saturated heterocycles. The molecule has 8 rings (SSSR count). The first-order valence-corrected chi connectivity index (χ1v) is 27.4. The Balaban J connectivity index is 1.000. The van der Waals surface area contributed by atoms with E-state index in [1.165, 1.54) is 33.1 Å². The molecule has 6 bridgehead atoms. The number of allylic oxidation sites excluding steroid dienone is 3. The third kappa shape index (κ3) is 13.3. The summed E-state index contributed by atoms with van der Waals surface area (Å²) >= 11 is 7.72. The van der Waals surface area contributed by atoms with E-state index in [0.29, 0.717) is 48.6 Å². The maximum Gasteiger partial charge on any atom is 0.409 e. The first-order chi connectivity index (χ1) is 36.6. The minimum absolute atomic E-state index is 0.0347. The van der Waals surface area contributed by atoms with Crippen LogP contribution in [-0.2, 0) is 63.8 Å². The number of halogens is 4. The second-order valence-corrected chi connectivity index (χ2v) is 23.4. The van der Waals surface area contributed by atoms with Crippen molar-refractivity contribution < 1.29 is 85.2 Å². The number of methoxy groups -OCH3 is 2. The molecule has 1 aliphatic carbocycles. The van der Waals surface area contributed by atoms with Crippen molar-refractivity contribution in [3.8, 4) is 5.75 Å². The van der Waals surface area contributed by atoms with Crippen molar-refractivity contribution in [1.82, 2.24) is 20.2 Å². The molecule has 1 aromatic rings. The Kier molecular flexibility index (Phi) is 18.7. The number of amides is 6. The lowest BCUT2D eigenvalue weighted by molar-refractivity contribution is -0.322. The fourth-order valence-electron chi connectivity index (χ4n) is 11.4. The van der Waals surface area contributed by atoms with Gasteiger partial charge >= 0.3 is 24.2 Å². The van der Waals surface area contributed by atoms with E-state index in [1.54, 1.807) is 44.2 Å². The molecular formula is C53H69ClF3N5O15S. The Morgan fingerprint density at radius 1 is 1.00 bits per heavy atom. The summed E-state index contributed by atoms with van der Waals surface area (Å²) in [6, 6.07) is -0.183. The summed E-state index contributed by atoms with van der Waals surface area (Å²) in [4.78, 5) is 113. The number of ether oxygens (including phenoxy) is 5. The number of hydrogen-bond acceptors (Lipinski definition) is 17. The van der Waals surface area contributed by atoms with Crippen LogP contribution >= 0.6 is 23.4 Å². The lowest BCUT2D eigenvalue weighted by Crippen LogP contribution is -2.72. The number of thioether (sulfide) groups is 1. The predicted molar refractivity (Wildman–Crippen MR) is 275 cm³/mol. The SMILES string of the molecule is COc1cc2cc(c1Cl)N(C)C(=O)CC(COC(=O)[C@H](C)N(C)C(CCSC1CC(=O)N(CC3CCC(C(=O)ON4C(=O)CCC4=O)CC3)C1=O)C(F)(F)F)[C@@]1(C)CC(C)(O1)[C@@H]1C[C@@](O)(NC(=O)O1)[C@H](OC)/C=C/C=C(\C)C2. The van der Waals surface area contributed by atoms with Crippen LogP contribution in [0.1, 0.15) is 104 Å². The molecule has 6 heterocycles. The third-order valence-corrected chi connectivity index (χ3v) is 17.7. The minimum Gasteiger partial charge on any atom is -0.495 e. The number of hydrogen-bond donors (Lipinski definition) is 2. The monoisotopic (exact) mass is 1140 g/mol. The molecule has 1 saturated carbocycles. The molecule has 430 valence electrons. The van der Waals surface area contributed by atoms with Crippen LogP contribution in [-0.4, -0.2) is 167 Å². The van der Waals surface area contributed by atoms with Gasteiger partial charge in [0.05, 0.1) is 36.2 Å². The summed E-state index contributed by atoms with van der Waals surface area (Å²) in [6.45, 7) is 6.06. The molecule has 20 nitrogen and oxygen atoms in total. The highest BCUT2D eigenvalue weighted by atomic mass is 35.5. The van der Waals surface area contributed by atoms with Crippen LogP contribution in [0.4, 0.5) is 23.7 Å². The number of imide groups is 2. The van der Waals surface area contributed by atoms with Crippen LogP contribution in [0.5, 0.6) is 5.75 Å². The smallest absolute Gasteiger partial charge is 0.409 e. The Morgan fingerprint density at radius 2 is 1.67 bits per heavy atom. The number of carbonyl (C=O) groups is 8. The molecule has 2 N–H and O–H groups in total. The highest BCUT2D eigenvalue weighted by molar-refractivity contribution is 8.00. The van der Waals surface area contributed by atoms with E-state index in [0.717, 1.165) is 39.7 Å². The van der Waals surface area contributed by atoms with Crippen molar-refractivity contribution >= 4 is 76.6 Å². The number of aliphatic hydroxyl groups is 1. The summed E-state index contributed by atoms with van der Waals surface area (Å²) in [5.41, 5.74) is -2.55. The largest absolute Gasteiger partial charge is 0.495 e. The van der Waals surface area contributed by atoms with Crippen molar-refractivity contribution in [3.63, 3.8) is 0 Å². The molecule has 0 spiro atoms. The number of benzene rings is 1. The standard InChI is InChI=1S/C53H69ClF3N5O15S/c1-29-10-9-11-39(73-8)52(71)25-40(75-49(70)58-52)51(4)28-50(3,77-51)34(23-43(65)60(6)35-21-32(20-29)22-36(72-7)45(35)54)27-74-47(68)30(2)59(5)38(53(55,56)57)18-19-78-37-24-44(66)61(46(37)67)26-31-12-14-33(15-13-31)48(69)76-62-41(63)16-17-42(62)64/h9-11,21-22,30-31,33-34,37-40,71H,12-20,23-28H2,1-8H3,(H,58,70)/b11-9+,29-10+/t30-,31?,33?,34?,37?,38?,39+,40-,50+,51?,52-/m0/s1. The Hall–Kier alpha value is -5.27. The van der Waals surface area contributed by atoms with Gasteiger partial charge in [-0.1, -0.05) is 35.4 Å². The van der Waals surface area contributed by atoms with Gasteiger partial charge < -0.3 is 38.5 Å². The highest BCUT2D eigenvalue weighted by Crippen LogP contribution is 2.52. The van der Waals surface area contributed by atoms with E-state index in [-0.39, 0.29) is 61.8 Å². The second-order valence-electron chi connectivity index (χ2n) is 21.7. The third-order valence-electron chi connectivity index (χ3n) is 16.1. The molecule has 7 aliphatic rings. The first-order valence-electron chi connectivity index (χ1n) is 26.0. The average molecular weight is 1140 g/mol. The van der Waals surface area contributed by atoms with Crippen molar-refractivity contribution in [1.29, 1.82) is 0 Å². The van der Waals surface area contributed by atoms with Crippen LogP contribution in [0, 0.1) is 17.8 Å². The van der Waals surface area contributed by atoms with Gasteiger partial charge in [-0.2, -0.15) is 13.2 Å². The van der Waals surface area contributed by atoms with E-state index in [4.69, 9.17) is 40.1 Å². The zero-order chi connectivity index (χ0) is 57.2. The molecule has 0 radical (unpaired) electrons. The maximum absolute atomic E-state index is 14.9. The van der Waals surface area contributed by atoms with Crippen molar-refractivity contribution in [2.24, 2.45) is 17.8 Å². The van der Waals surface area contributed by atoms with Gasteiger partial charge in [0.2, 0.25) is 17.7 Å². The van der Waals surface area contributed by atoms with Crippen LogP contribution < -0.4 is 15.0 Å². The van der Waals surface area contributed by atoms with Crippen molar-refractivity contribution in [2.45, 2.75) is 157 Å². The molecule has 9 atom stereocenters. The maximum atomic E-state index is 14.9. The van der Waals surface area contributed by atoms with Gasteiger partial charge in [-0.25, -0.2) is 9.59 Å². The van der Waals surface area contributed by atoms with E-state index in [1.807, 2.05) is 6.92 Å². The number of alkyl carbamates (subject to hydrolysis) is 1. The van der Waals surface area contributed by atoms with Gasteiger partial charge in [0.25, 0.3) is 11.8 Å². The van der Waals surface area contributed by atoms with Gasteiger partial charge in [-0.05, 0) is 103 Å². The average Bonchev–Trinajstić information content (AvgIpc) is 3.98. The fourth-order valence-corrected chi connectivity index (χ4v) is 12.9. The Labute approximate surface area is 459 Å². The van der Waals surface area contributed by atoms with E-state index < -0.39 is 125 Å². The number of likely N-dealkylation sites (tertiary alicyclic amines) is 1. The molecule has 0 aromatic heterocycles. The molecule has 1 aromatic carbocycles. The second kappa shape index (κ2) is 24.2. The molecule has 25 heteroatoms. The van der Waals surface area contributed by atoms with Crippen LogP contribution in [0.25, 0.3) is 0 Å². The lowest BCUT2D eigenvalue weighted by Gasteiger charge is -2.59. The summed E-state index contributed by atoms with van der Waals surface area (Å²) in [5, 5.41) is 14.1. The van der Waals surface area contributed by atoms with Gasteiger partial charge in [0, 0.05) is 65.1 Å². The number of rotatable bonds is 15. The van der Waals surface area contributed by atoms with E-state index in [2.05, 4.69) is 5.32 Å². The number of fused-ring (bicyclic) bond motifs is 6. The molecule has 6 amide bonds. The number of esters is 1. The number of carbonyl (C=O) groups excluding carboxylic acids is 8. The molecule has 5 fully saturated rings. The van der Waals surface area contributed by atoms with Crippen LogP contribution in [0.3, 0.4) is 0 Å². The van der Waals surface area contributed by atoms with Gasteiger partial charge in [-0.3, -0.25) is 43.9 Å². The summed E-state index contributed by atoms with van der Waals surface area (Å²) in [7, 11) is 5.47. The fraction of sp³-hybridized carbons (Fsp3) is 0.660. The number of alkyl halides is 3. The number of nitrogens with zero attached hydrogens (tertiary/aromatic N) is 4. The number of hydroxylamine groups is 2. The molecule has 4 unspecified atom stereocenters. The van der Waals surface area contributed by atoms with Crippen molar-refractivity contribution in [2.75, 3.05) is 52.1 Å². The Morgan fingerprint density at radius 3 is 2.29 bits per heavy atom. The summed E-state index contributed by atoms with van der Waals surface area (Å²) < 4.78 is 73.9. The van der Waals surface area contributed by atoms with Crippen molar-refractivity contribution in [3.05, 3.63) is 46.5 Å². The highest BCUT2D eigenvalue weighted by Gasteiger charge is 2.62. The minimum atomic E-state index is -4.84. The molecule has 78 heavy (non-hydrogen) atoms. The first kappa shape index (κ1) is 60.4. The number of anilines is 1. The zero-order valence-electron chi connectivity index (χ0n) is 45.0. The van der Waals surface area contributed by atoms with Gasteiger partial charge in [0.15, 0.2) is 5.72 Å².